The largest absolute Gasteiger partial charge is 0.327 e. The molecule has 0 radical (unpaired) electrons. The van der Waals surface area contributed by atoms with Crippen LogP contribution in [0.5, 0.6) is 0 Å². The van der Waals surface area contributed by atoms with Crippen molar-refractivity contribution in [3.63, 3.8) is 0 Å². The SMILES string of the molecule is CC(C)(C)c1ccc(-c2nccn2Cc2cccc(C#N)c2)cc1. The van der Waals surface area contributed by atoms with Crippen LogP contribution in [-0.4, -0.2) is 9.55 Å². The molecule has 1 heterocycles. The zero-order chi connectivity index (χ0) is 17.2. The van der Waals surface area contributed by atoms with Crippen LogP contribution in [0.4, 0.5) is 0 Å². The summed E-state index contributed by atoms with van der Waals surface area (Å²) in [6.07, 6.45) is 3.80. The Morgan fingerprint density at radius 3 is 2.50 bits per heavy atom. The van der Waals surface area contributed by atoms with E-state index in [9.17, 15) is 0 Å². The maximum absolute atomic E-state index is 9.04. The van der Waals surface area contributed by atoms with Gasteiger partial charge in [0.15, 0.2) is 0 Å². The Labute approximate surface area is 143 Å². The van der Waals surface area contributed by atoms with Gasteiger partial charge in [-0.3, -0.25) is 0 Å². The summed E-state index contributed by atoms with van der Waals surface area (Å²) in [5.74, 6) is 0.942. The average Bonchev–Trinajstić information content (AvgIpc) is 3.02. The predicted molar refractivity (Wildman–Crippen MR) is 96.6 cm³/mol. The van der Waals surface area contributed by atoms with Crippen molar-refractivity contribution in [2.45, 2.75) is 32.7 Å². The molecule has 3 aromatic rings. The van der Waals surface area contributed by atoms with E-state index in [4.69, 9.17) is 5.26 Å². The first-order valence-corrected chi connectivity index (χ1v) is 8.08. The third kappa shape index (κ3) is 3.38. The summed E-state index contributed by atoms with van der Waals surface area (Å²) in [5, 5.41) is 9.04. The number of nitriles is 1. The molecule has 0 aliphatic carbocycles. The third-order valence-electron chi connectivity index (χ3n) is 4.13. The van der Waals surface area contributed by atoms with Crippen molar-refractivity contribution in [1.29, 1.82) is 5.26 Å². The van der Waals surface area contributed by atoms with E-state index in [0.717, 1.165) is 17.0 Å². The van der Waals surface area contributed by atoms with E-state index >= 15 is 0 Å². The van der Waals surface area contributed by atoms with E-state index in [0.29, 0.717) is 12.1 Å². The van der Waals surface area contributed by atoms with Crippen molar-refractivity contribution in [3.8, 4) is 17.5 Å². The van der Waals surface area contributed by atoms with E-state index < -0.39 is 0 Å². The van der Waals surface area contributed by atoms with Crippen LogP contribution >= 0.6 is 0 Å². The summed E-state index contributed by atoms with van der Waals surface area (Å²) < 4.78 is 2.11. The number of imidazole rings is 1. The molecule has 0 fully saturated rings. The second-order valence-corrected chi connectivity index (χ2v) is 7.02. The molecule has 3 nitrogen and oxygen atoms in total. The molecule has 0 saturated carbocycles. The fourth-order valence-corrected chi connectivity index (χ4v) is 2.75. The van der Waals surface area contributed by atoms with Gasteiger partial charge in [-0.25, -0.2) is 4.98 Å². The third-order valence-corrected chi connectivity index (χ3v) is 4.13. The lowest BCUT2D eigenvalue weighted by Crippen LogP contribution is -2.10. The van der Waals surface area contributed by atoms with Gasteiger partial charge in [0.25, 0.3) is 0 Å². The van der Waals surface area contributed by atoms with Crippen molar-refractivity contribution in [1.82, 2.24) is 9.55 Å². The van der Waals surface area contributed by atoms with Crippen molar-refractivity contribution < 1.29 is 0 Å². The standard InChI is InChI=1S/C21H21N3/c1-21(2,3)19-9-7-18(8-10-19)20-23-11-12-24(20)15-17-6-4-5-16(13-17)14-22/h4-13H,15H2,1-3H3. The first-order valence-electron chi connectivity index (χ1n) is 8.08. The van der Waals surface area contributed by atoms with Gasteiger partial charge in [-0.2, -0.15) is 5.26 Å². The molecule has 0 aliphatic heterocycles. The van der Waals surface area contributed by atoms with Gasteiger partial charge in [0.1, 0.15) is 5.82 Å². The number of nitrogens with zero attached hydrogens (tertiary/aromatic N) is 3. The Morgan fingerprint density at radius 2 is 1.83 bits per heavy atom. The van der Waals surface area contributed by atoms with Gasteiger partial charge in [-0.05, 0) is 28.7 Å². The molecule has 0 unspecified atom stereocenters. The Bertz CT molecular complexity index is 874. The minimum Gasteiger partial charge on any atom is -0.327 e. The Balaban J connectivity index is 1.89. The smallest absolute Gasteiger partial charge is 0.140 e. The van der Waals surface area contributed by atoms with Gasteiger partial charge in [0.05, 0.1) is 11.6 Å². The number of aromatic nitrogens is 2. The molecule has 3 heteroatoms. The van der Waals surface area contributed by atoms with E-state index in [1.54, 1.807) is 0 Å². The summed E-state index contributed by atoms with van der Waals surface area (Å²) in [4.78, 5) is 4.51. The van der Waals surface area contributed by atoms with Crippen molar-refractivity contribution in [3.05, 3.63) is 77.6 Å². The summed E-state index contributed by atoms with van der Waals surface area (Å²) in [6, 6.07) is 18.5. The zero-order valence-electron chi connectivity index (χ0n) is 14.3. The first-order chi connectivity index (χ1) is 11.5. The van der Waals surface area contributed by atoms with Gasteiger partial charge < -0.3 is 4.57 Å². The second kappa shape index (κ2) is 6.33. The molecule has 0 amide bonds. The van der Waals surface area contributed by atoms with Gasteiger partial charge in [-0.15, -0.1) is 0 Å². The normalized spacial score (nSPS) is 11.2. The monoisotopic (exact) mass is 315 g/mol. The summed E-state index contributed by atoms with van der Waals surface area (Å²) in [7, 11) is 0. The summed E-state index contributed by atoms with van der Waals surface area (Å²) in [5.41, 5.74) is 4.34. The number of benzene rings is 2. The molecule has 1 aromatic heterocycles. The minimum atomic E-state index is 0.145. The number of hydrogen-bond donors (Lipinski definition) is 0. The lowest BCUT2D eigenvalue weighted by molar-refractivity contribution is 0.590. The highest BCUT2D eigenvalue weighted by Gasteiger charge is 2.14. The topological polar surface area (TPSA) is 41.6 Å². The molecular weight excluding hydrogens is 294 g/mol. The quantitative estimate of drug-likeness (QED) is 0.698. The van der Waals surface area contributed by atoms with Crippen molar-refractivity contribution in [2.24, 2.45) is 0 Å². The van der Waals surface area contributed by atoms with Crippen LogP contribution < -0.4 is 0 Å². The number of rotatable bonds is 3. The molecule has 0 aliphatic rings. The molecule has 24 heavy (non-hydrogen) atoms. The highest BCUT2D eigenvalue weighted by Crippen LogP contribution is 2.25. The average molecular weight is 315 g/mol. The summed E-state index contributed by atoms with van der Waals surface area (Å²) in [6.45, 7) is 7.34. The van der Waals surface area contributed by atoms with Gasteiger partial charge >= 0.3 is 0 Å². The molecule has 120 valence electrons. The molecule has 0 bridgehead atoms. The van der Waals surface area contributed by atoms with Crippen LogP contribution in [-0.2, 0) is 12.0 Å². The summed E-state index contributed by atoms with van der Waals surface area (Å²) >= 11 is 0. The second-order valence-electron chi connectivity index (χ2n) is 7.02. The molecule has 2 aromatic carbocycles. The van der Waals surface area contributed by atoms with E-state index in [2.05, 4.69) is 60.7 Å². The van der Waals surface area contributed by atoms with Crippen molar-refractivity contribution >= 4 is 0 Å². The molecule has 0 atom stereocenters. The molecular formula is C21H21N3. The van der Waals surface area contributed by atoms with E-state index in [1.165, 1.54) is 5.56 Å². The molecule has 0 saturated heterocycles. The maximum atomic E-state index is 9.04. The van der Waals surface area contributed by atoms with Gasteiger partial charge in [0, 0.05) is 24.5 Å². The first kappa shape index (κ1) is 16.0. The van der Waals surface area contributed by atoms with Crippen LogP contribution in [0, 0.1) is 11.3 Å². The van der Waals surface area contributed by atoms with Gasteiger partial charge in [0.2, 0.25) is 0 Å². The lowest BCUT2D eigenvalue weighted by atomic mass is 9.87. The molecule has 3 rings (SSSR count). The van der Waals surface area contributed by atoms with Crippen LogP contribution in [0.2, 0.25) is 0 Å². The Morgan fingerprint density at radius 1 is 1.08 bits per heavy atom. The van der Waals surface area contributed by atoms with E-state index in [-0.39, 0.29) is 5.41 Å². The van der Waals surface area contributed by atoms with Gasteiger partial charge in [-0.1, -0.05) is 57.2 Å². The minimum absolute atomic E-state index is 0.145. The fraction of sp³-hybridized carbons (Fsp3) is 0.238. The van der Waals surface area contributed by atoms with Crippen LogP contribution in [0.1, 0.15) is 37.5 Å². The highest BCUT2D eigenvalue weighted by atomic mass is 15.1. The van der Waals surface area contributed by atoms with Crippen LogP contribution in [0.3, 0.4) is 0 Å². The number of hydrogen-bond acceptors (Lipinski definition) is 2. The Hall–Kier alpha value is -2.86. The highest BCUT2D eigenvalue weighted by molar-refractivity contribution is 5.56. The van der Waals surface area contributed by atoms with Crippen molar-refractivity contribution in [2.75, 3.05) is 0 Å². The Kier molecular flexibility index (Phi) is 4.22. The fourth-order valence-electron chi connectivity index (χ4n) is 2.75. The van der Waals surface area contributed by atoms with Crippen LogP contribution in [0.25, 0.3) is 11.4 Å². The van der Waals surface area contributed by atoms with Crippen LogP contribution in [0.15, 0.2) is 60.9 Å². The molecule has 0 N–H and O–H groups in total. The predicted octanol–water partition coefficient (Wildman–Crippen LogP) is 4.77. The lowest BCUT2D eigenvalue weighted by Gasteiger charge is -2.19. The maximum Gasteiger partial charge on any atom is 0.140 e. The van der Waals surface area contributed by atoms with E-state index in [1.807, 2.05) is 36.7 Å². The molecule has 0 spiro atoms. The zero-order valence-corrected chi connectivity index (χ0v) is 14.3.